The highest BCUT2D eigenvalue weighted by Gasteiger charge is 2.33. The molecule has 0 N–H and O–H groups in total. The summed E-state index contributed by atoms with van der Waals surface area (Å²) < 4.78 is 20.1. The molecule has 1 aliphatic heterocycles. The van der Waals surface area contributed by atoms with Crippen molar-refractivity contribution in [1.29, 1.82) is 0 Å². The molecule has 0 aromatic heterocycles. The number of benzene rings is 3. The second kappa shape index (κ2) is 12.5. The Morgan fingerprint density at radius 1 is 0.973 bits per heavy atom. The number of alkyl halides is 1. The minimum absolute atomic E-state index is 0.0936. The lowest BCUT2D eigenvalue weighted by molar-refractivity contribution is -0.116. The predicted molar refractivity (Wildman–Crippen MR) is 149 cm³/mol. The van der Waals surface area contributed by atoms with Gasteiger partial charge in [-0.25, -0.2) is 9.18 Å². The van der Waals surface area contributed by atoms with E-state index in [0.717, 1.165) is 5.56 Å². The number of piperidine rings is 1. The number of halogens is 3. The monoisotopic (exact) mass is 634 g/mol. The fourth-order valence-corrected chi connectivity index (χ4v) is 4.95. The maximum atomic E-state index is 14.4. The Hall–Kier alpha value is -2.98. The highest BCUT2D eigenvalue weighted by molar-refractivity contribution is 14.1. The fraction of sp³-hybridized carbons (Fsp3) is 0.250. The molecule has 0 spiro atoms. The topological polar surface area (TPSA) is 66.9 Å². The Bertz CT molecular complexity index is 1280. The minimum Gasteiger partial charge on any atom is -0.445 e. The van der Waals surface area contributed by atoms with Gasteiger partial charge in [0.2, 0.25) is 5.91 Å². The van der Waals surface area contributed by atoms with Gasteiger partial charge in [-0.1, -0.05) is 76.7 Å². The van der Waals surface area contributed by atoms with Gasteiger partial charge in [-0.3, -0.25) is 9.59 Å². The van der Waals surface area contributed by atoms with Crippen LogP contribution in [0, 0.1) is 5.82 Å². The molecule has 192 valence electrons. The molecule has 1 aliphatic rings. The zero-order valence-electron chi connectivity index (χ0n) is 19.9. The first kappa shape index (κ1) is 27.1. The van der Waals surface area contributed by atoms with Crippen molar-refractivity contribution in [3.8, 4) is 0 Å². The number of hydrogen-bond acceptors (Lipinski definition) is 4. The van der Waals surface area contributed by atoms with Gasteiger partial charge in [0, 0.05) is 29.7 Å². The summed E-state index contributed by atoms with van der Waals surface area (Å²) in [5, 5.41) is 0.307. The zero-order chi connectivity index (χ0) is 26.4. The highest BCUT2D eigenvalue weighted by atomic mass is 127. The van der Waals surface area contributed by atoms with Crippen molar-refractivity contribution in [2.75, 3.05) is 22.4 Å². The summed E-state index contributed by atoms with van der Waals surface area (Å²) in [5.74, 6) is -1.38. The van der Waals surface area contributed by atoms with Crippen molar-refractivity contribution in [2.24, 2.45) is 0 Å². The normalized spacial score (nSPS) is 13.8. The SMILES string of the molecule is O=C(c1ccccc1F)c1cc(Cl)ccc1N(C(=O)CI)C1CCN(C(=O)OCc2ccccc2)CC1. The predicted octanol–water partition coefficient (Wildman–Crippen LogP) is 6.28. The van der Waals surface area contributed by atoms with Crippen LogP contribution in [0.15, 0.2) is 72.8 Å². The van der Waals surface area contributed by atoms with E-state index in [2.05, 4.69) is 0 Å². The quantitative estimate of drug-likeness (QED) is 0.174. The number of carbonyl (C=O) groups excluding carboxylic acids is 3. The zero-order valence-corrected chi connectivity index (χ0v) is 22.8. The molecule has 0 saturated carbocycles. The molecule has 0 radical (unpaired) electrons. The van der Waals surface area contributed by atoms with E-state index in [1.807, 2.05) is 52.9 Å². The fourth-order valence-electron chi connectivity index (χ4n) is 4.41. The van der Waals surface area contributed by atoms with Crippen LogP contribution in [0.5, 0.6) is 0 Å². The Morgan fingerprint density at radius 2 is 1.65 bits per heavy atom. The summed E-state index contributed by atoms with van der Waals surface area (Å²) in [6.45, 7) is 0.979. The van der Waals surface area contributed by atoms with Gasteiger partial charge in [-0.15, -0.1) is 0 Å². The van der Waals surface area contributed by atoms with Crippen LogP contribution in [-0.4, -0.2) is 46.2 Å². The molecule has 4 rings (SSSR count). The van der Waals surface area contributed by atoms with Crippen LogP contribution < -0.4 is 4.90 Å². The molecule has 0 unspecified atom stereocenters. The van der Waals surface area contributed by atoms with Gasteiger partial charge >= 0.3 is 6.09 Å². The number of carbonyl (C=O) groups is 3. The van der Waals surface area contributed by atoms with Gasteiger partial charge in [-0.2, -0.15) is 0 Å². The van der Waals surface area contributed by atoms with E-state index in [-0.39, 0.29) is 34.1 Å². The molecule has 3 aromatic rings. The summed E-state index contributed by atoms with van der Waals surface area (Å²) >= 11 is 8.20. The second-order valence-electron chi connectivity index (χ2n) is 8.63. The van der Waals surface area contributed by atoms with Crippen LogP contribution in [0.25, 0.3) is 0 Å². The molecular formula is C28H25ClFIN2O4. The maximum Gasteiger partial charge on any atom is 0.410 e. The molecule has 2 amide bonds. The largest absolute Gasteiger partial charge is 0.445 e. The summed E-state index contributed by atoms with van der Waals surface area (Å²) in [6.07, 6.45) is 0.591. The molecular weight excluding hydrogens is 610 g/mol. The first-order valence-corrected chi connectivity index (χ1v) is 13.7. The van der Waals surface area contributed by atoms with Gasteiger partial charge in [0.1, 0.15) is 12.4 Å². The van der Waals surface area contributed by atoms with E-state index in [9.17, 15) is 18.8 Å². The molecule has 1 fully saturated rings. The molecule has 1 saturated heterocycles. The molecule has 1 heterocycles. The lowest BCUT2D eigenvalue weighted by Gasteiger charge is -2.38. The Labute approximate surface area is 233 Å². The van der Waals surface area contributed by atoms with Crippen molar-refractivity contribution in [3.63, 3.8) is 0 Å². The molecule has 0 atom stereocenters. The highest BCUT2D eigenvalue weighted by Crippen LogP contribution is 2.32. The lowest BCUT2D eigenvalue weighted by Crippen LogP contribution is -2.50. The molecule has 6 nitrogen and oxygen atoms in total. The number of likely N-dealkylation sites (tertiary alicyclic amines) is 1. The van der Waals surface area contributed by atoms with Crippen molar-refractivity contribution in [3.05, 3.63) is 100 Å². The number of rotatable bonds is 7. The van der Waals surface area contributed by atoms with Gasteiger partial charge in [-0.05, 0) is 48.7 Å². The lowest BCUT2D eigenvalue weighted by atomic mass is 9.97. The molecule has 3 aromatic carbocycles. The number of ketones is 1. The maximum absolute atomic E-state index is 14.4. The molecule has 0 aliphatic carbocycles. The molecule has 37 heavy (non-hydrogen) atoms. The van der Waals surface area contributed by atoms with E-state index in [1.54, 1.807) is 28.0 Å². The summed E-state index contributed by atoms with van der Waals surface area (Å²) in [6, 6.07) is 19.6. The Balaban J connectivity index is 1.53. The van der Waals surface area contributed by atoms with Crippen LogP contribution in [-0.2, 0) is 16.1 Å². The second-order valence-corrected chi connectivity index (χ2v) is 9.83. The number of hydrogen-bond donors (Lipinski definition) is 0. The summed E-state index contributed by atoms with van der Waals surface area (Å²) in [5.41, 5.74) is 1.34. The van der Waals surface area contributed by atoms with Gasteiger partial charge in [0.15, 0.2) is 5.78 Å². The number of amides is 2. The van der Waals surface area contributed by atoms with E-state index in [4.69, 9.17) is 16.3 Å². The average molecular weight is 635 g/mol. The van der Waals surface area contributed by atoms with E-state index in [1.165, 1.54) is 24.3 Å². The van der Waals surface area contributed by atoms with Gasteiger partial charge in [0.05, 0.1) is 15.7 Å². The van der Waals surface area contributed by atoms with Crippen molar-refractivity contribution >= 4 is 57.7 Å². The third-order valence-corrected chi connectivity index (χ3v) is 7.14. The Morgan fingerprint density at radius 3 is 2.32 bits per heavy atom. The molecule has 0 bridgehead atoms. The number of nitrogens with zero attached hydrogens (tertiary/aromatic N) is 2. The smallest absolute Gasteiger partial charge is 0.410 e. The van der Waals surface area contributed by atoms with Crippen molar-refractivity contribution in [2.45, 2.75) is 25.5 Å². The van der Waals surface area contributed by atoms with Crippen LogP contribution in [0.4, 0.5) is 14.9 Å². The van der Waals surface area contributed by atoms with Crippen LogP contribution >= 0.6 is 34.2 Å². The average Bonchev–Trinajstić information content (AvgIpc) is 2.93. The first-order chi connectivity index (χ1) is 17.9. The van der Waals surface area contributed by atoms with Crippen LogP contribution in [0.1, 0.15) is 34.3 Å². The van der Waals surface area contributed by atoms with Crippen LogP contribution in [0.2, 0.25) is 5.02 Å². The summed E-state index contributed by atoms with van der Waals surface area (Å²) in [4.78, 5) is 42.3. The van der Waals surface area contributed by atoms with Gasteiger partial charge < -0.3 is 14.5 Å². The van der Waals surface area contributed by atoms with Crippen molar-refractivity contribution < 1.29 is 23.5 Å². The third kappa shape index (κ3) is 6.48. The van der Waals surface area contributed by atoms with Crippen LogP contribution in [0.3, 0.4) is 0 Å². The number of anilines is 1. The summed E-state index contributed by atoms with van der Waals surface area (Å²) in [7, 11) is 0. The van der Waals surface area contributed by atoms with E-state index < -0.39 is 17.7 Å². The minimum atomic E-state index is -0.646. The van der Waals surface area contributed by atoms with Gasteiger partial charge in [0.25, 0.3) is 0 Å². The Kier molecular flexibility index (Phi) is 9.15. The van der Waals surface area contributed by atoms with E-state index in [0.29, 0.717) is 36.6 Å². The third-order valence-electron chi connectivity index (χ3n) is 6.26. The van der Waals surface area contributed by atoms with Crippen molar-refractivity contribution in [1.82, 2.24) is 4.90 Å². The van der Waals surface area contributed by atoms with E-state index >= 15 is 0 Å². The molecule has 9 heteroatoms. The standard InChI is InChI=1S/C28H25ClFIN2O4/c29-20-10-11-25(23(16-20)27(35)22-8-4-5-9-24(22)30)33(26(34)17-31)21-12-14-32(15-13-21)28(36)37-18-19-6-2-1-3-7-19/h1-11,16,21H,12-15,17-18H2. The number of ether oxygens (including phenoxy) is 1. The first-order valence-electron chi connectivity index (χ1n) is 11.8.